The van der Waals surface area contributed by atoms with Gasteiger partial charge in [-0.25, -0.2) is 0 Å². The number of piperazine rings is 1. The second-order valence-corrected chi connectivity index (χ2v) is 11.3. The number of nitrogens with zero attached hydrogens (tertiary/aromatic N) is 2. The number of hydrogen-bond donors (Lipinski definition) is 2. The van der Waals surface area contributed by atoms with Gasteiger partial charge in [-0.15, -0.1) is 0 Å². The van der Waals surface area contributed by atoms with E-state index in [4.69, 9.17) is 4.74 Å². The molecule has 7 heteroatoms. The van der Waals surface area contributed by atoms with E-state index >= 15 is 0 Å². The third kappa shape index (κ3) is 7.08. The second kappa shape index (κ2) is 13.7. The molecule has 1 aliphatic heterocycles. The summed E-state index contributed by atoms with van der Waals surface area (Å²) in [7, 11) is 0. The summed E-state index contributed by atoms with van der Waals surface area (Å²) in [4.78, 5) is 33.9. The van der Waals surface area contributed by atoms with Gasteiger partial charge in [-0.05, 0) is 52.9 Å². The summed E-state index contributed by atoms with van der Waals surface area (Å²) in [6.07, 6.45) is 1.48. The molecule has 5 aromatic rings. The van der Waals surface area contributed by atoms with E-state index in [0.29, 0.717) is 29.8 Å². The molecule has 44 heavy (non-hydrogen) atoms. The lowest BCUT2D eigenvalue weighted by atomic mass is 10.0. The van der Waals surface area contributed by atoms with Crippen molar-refractivity contribution in [3.63, 3.8) is 0 Å². The fraction of sp³-hybridized carbons (Fsp3) is 0.243. The van der Waals surface area contributed by atoms with Crippen LogP contribution in [0.4, 0.5) is 0 Å². The highest BCUT2D eigenvalue weighted by Crippen LogP contribution is 2.21. The molecule has 0 aliphatic carbocycles. The Morgan fingerprint density at radius 1 is 0.773 bits per heavy atom. The van der Waals surface area contributed by atoms with Crippen molar-refractivity contribution in [2.24, 2.45) is 0 Å². The van der Waals surface area contributed by atoms with Crippen LogP contribution in [0.5, 0.6) is 5.75 Å². The topological polar surface area (TPSA) is 77.7 Å². The Bertz CT molecular complexity index is 1760. The van der Waals surface area contributed by atoms with Crippen LogP contribution in [0.1, 0.15) is 34.0 Å². The molecule has 0 radical (unpaired) electrons. The number of carbonyl (C=O) groups excluding carboxylic acids is 1. The van der Waals surface area contributed by atoms with Crippen LogP contribution in [0, 0.1) is 0 Å². The highest BCUT2D eigenvalue weighted by molar-refractivity contribution is 5.97. The van der Waals surface area contributed by atoms with Crippen LogP contribution in [-0.4, -0.2) is 53.5 Å². The maximum absolute atomic E-state index is 13.0. The molecular weight excluding hydrogens is 548 g/mol. The first kappa shape index (κ1) is 29.4. The monoisotopic (exact) mass is 586 g/mol. The Kier molecular flexibility index (Phi) is 9.15. The highest BCUT2D eigenvalue weighted by Gasteiger charge is 2.18. The third-order valence-corrected chi connectivity index (χ3v) is 8.22. The summed E-state index contributed by atoms with van der Waals surface area (Å²) in [5.74, 6) is 0.207. The van der Waals surface area contributed by atoms with Gasteiger partial charge in [0.15, 0.2) is 0 Å². The summed E-state index contributed by atoms with van der Waals surface area (Å²) >= 11 is 0. The van der Waals surface area contributed by atoms with Crippen LogP contribution in [0.2, 0.25) is 0 Å². The van der Waals surface area contributed by atoms with Gasteiger partial charge in [0, 0.05) is 62.9 Å². The maximum Gasteiger partial charge on any atom is 0.257 e. The number of rotatable bonds is 10. The predicted octanol–water partition coefficient (Wildman–Crippen LogP) is 5.84. The molecule has 1 fully saturated rings. The van der Waals surface area contributed by atoms with Crippen LogP contribution in [0.3, 0.4) is 0 Å². The van der Waals surface area contributed by atoms with Crippen molar-refractivity contribution in [1.82, 2.24) is 20.1 Å². The molecule has 0 spiro atoms. The molecule has 7 nitrogen and oxygen atoms in total. The van der Waals surface area contributed by atoms with Gasteiger partial charge in [-0.2, -0.15) is 0 Å². The van der Waals surface area contributed by atoms with Crippen molar-refractivity contribution in [2.45, 2.75) is 26.6 Å². The van der Waals surface area contributed by atoms with E-state index in [9.17, 15) is 9.59 Å². The number of H-pyrrole nitrogens is 1. The number of hydrogen-bond acceptors (Lipinski definition) is 5. The summed E-state index contributed by atoms with van der Waals surface area (Å²) in [6.45, 7) is 8.78. The molecule has 0 saturated carbocycles. The molecule has 2 N–H and O–H groups in total. The van der Waals surface area contributed by atoms with Crippen molar-refractivity contribution in [1.29, 1.82) is 0 Å². The van der Waals surface area contributed by atoms with Gasteiger partial charge in [-0.3, -0.25) is 19.4 Å². The number of amides is 1. The predicted molar refractivity (Wildman–Crippen MR) is 176 cm³/mol. The first-order valence-corrected chi connectivity index (χ1v) is 15.3. The van der Waals surface area contributed by atoms with E-state index in [1.54, 1.807) is 18.2 Å². The zero-order chi connectivity index (χ0) is 30.3. The van der Waals surface area contributed by atoms with Gasteiger partial charge in [-0.1, -0.05) is 78.9 Å². The van der Waals surface area contributed by atoms with Gasteiger partial charge >= 0.3 is 0 Å². The van der Waals surface area contributed by atoms with Crippen LogP contribution < -0.4 is 15.5 Å². The van der Waals surface area contributed by atoms with E-state index in [0.717, 1.165) is 44.8 Å². The van der Waals surface area contributed by atoms with Gasteiger partial charge in [0.2, 0.25) is 5.43 Å². The molecule has 1 aliphatic rings. The zero-order valence-electron chi connectivity index (χ0n) is 25.1. The van der Waals surface area contributed by atoms with Crippen LogP contribution in [0.15, 0.2) is 108 Å². The van der Waals surface area contributed by atoms with Gasteiger partial charge in [0.25, 0.3) is 5.91 Å². The Labute approximate surface area is 258 Å². The summed E-state index contributed by atoms with van der Waals surface area (Å²) in [5.41, 5.74) is 6.54. The Hall–Kier alpha value is -4.72. The van der Waals surface area contributed by atoms with Crippen molar-refractivity contribution in [3.05, 3.63) is 136 Å². The molecule has 0 unspecified atom stereocenters. The van der Waals surface area contributed by atoms with E-state index in [2.05, 4.69) is 80.8 Å². The lowest BCUT2D eigenvalue weighted by Crippen LogP contribution is -2.45. The quantitative estimate of drug-likeness (QED) is 0.215. The minimum atomic E-state index is -0.399. The lowest BCUT2D eigenvalue weighted by molar-refractivity contribution is 0.0949. The fourth-order valence-electron chi connectivity index (χ4n) is 5.72. The second-order valence-electron chi connectivity index (χ2n) is 11.3. The van der Waals surface area contributed by atoms with E-state index in [1.165, 1.54) is 28.5 Å². The Morgan fingerprint density at radius 2 is 1.36 bits per heavy atom. The van der Waals surface area contributed by atoms with Crippen molar-refractivity contribution >= 4 is 16.8 Å². The zero-order valence-corrected chi connectivity index (χ0v) is 25.1. The summed E-state index contributed by atoms with van der Waals surface area (Å²) in [5, 5.41) is 3.33. The first-order chi connectivity index (χ1) is 21.6. The number of nitrogens with one attached hydrogen (secondary N) is 2. The van der Waals surface area contributed by atoms with Gasteiger partial charge in [0.05, 0.1) is 6.61 Å². The van der Waals surface area contributed by atoms with Crippen molar-refractivity contribution < 1.29 is 9.53 Å². The number of pyridine rings is 1. The average Bonchev–Trinajstić information content (AvgIpc) is 3.06. The lowest BCUT2D eigenvalue weighted by Gasteiger charge is -2.34. The molecule has 1 aromatic heterocycles. The largest absolute Gasteiger partial charge is 0.494 e. The number of fused-ring (bicyclic) bond motifs is 1. The van der Waals surface area contributed by atoms with Crippen molar-refractivity contribution in [2.75, 3.05) is 32.8 Å². The third-order valence-electron chi connectivity index (χ3n) is 8.22. The minimum Gasteiger partial charge on any atom is -0.494 e. The number of carbonyl (C=O) groups is 1. The average molecular weight is 587 g/mol. The normalized spacial score (nSPS) is 14.0. The molecule has 0 atom stereocenters. The molecular formula is C37H38N4O3. The summed E-state index contributed by atoms with van der Waals surface area (Å²) < 4.78 is 5.52. The SMILES string of the molecule is CCOc1ccc2[nH]cc(C(=O)NCc3ccc(CN4CCN(Cc5ccc(-c6ccccc6)cc5)CC4)cc3)c(=O)c2c1. The smallest absolute Gasteiger partial charge is 0.257 e. The number of aromatic nitrogens is 1. The van der Waals surface area contributed by atoms with Crippen LogP contribution in [0.25, 0.3) is 22.0 Å². The standard InChI is InChI=1S/C37H38N4O3/c1-2-44-32-16-17-35-33(22-32)36(42)34(24-38-35)37(43)39-23-27-8-10-28(11-9-27)25-40-18-20-41(21-19-40)26-29-12-14-31(15-13-29)30-6-4-3-5-7-30/h3-17,22,24H,2,18-21,23,25-26H2,1H3,(H,38,42)(H,39,43). The minimum absolute atomic E-state index is 0.0890. The highest BCUT2D eigenvalue weighted by atomic mass is 16.5. The molecule has 1 saturated heterocycles. The number of benzene rings is 4. The Balaban J connectivity index is 0.968. The molecule has 2 heterocycles. The van der Waals surface area contributed by atoms with Gasteiger partial charge < -0.3 is 15.0 Å². The molecule has 6 rings (SSSR count). The van der Waals surface area contributed by atoms with E-state index in [-0.39, 0.29) is 11.0 Å². The number of ether oxygens (including phenoxy) is 1. The number of aromatic amines is 1. The molecule has 224 valence electrons. The summed E-state index contributed by atoms with van der Waals surface area (Å²) in [6, 6.07) is 33.0. The Morgan fingerprint density at radius 3 is 2.00 bits per heavy atom. The van der Waals surface area contributed by atoms with Crippen molar-refractivity contribution in [3.8, 4) is 16.9 Å². The maximum atomic E-state index is 13.0. The van der Waals surface area contributed by atoms with Crippen LogP contribution in [-0.2, 0) is 19.6 Å². The molecule has 0 bridgehead atoms. The van der Waals surface area contributed by atoms with E-state index in [1.807, 2.05) is 25.1 Å². The van der Waals surface area contributed by atoms with Crippen LogP contribution >= 0.6 is 0 Å². The van der Waals surface area contributed by atoms with E-state index < -0.39 is 5.91 Å². The van der Waals surface area contributed by atoms with Gasteiger partial charge in [0.1, 0.15) is 11.3 Å². The molecule has 1 amide bonds. The fourth-order valence-corrected chi connectivity index (χ4v) is 5.72. The first-order valence-electron chi connectivity index (χ1n) is 15.3. The molecule has 4 aromatic carbocycles.